The number of piperazine rings is 1. The highest BCUT2D eigenvalue weighted by molar-refractivity contribution is 5.94. The fourth-order valence-electron chi connectivity index (χ4n) is 3.89. The smallest absolute Gasteiger partial charge is 0.341 e. The molecule has 1 aromatic heterocycles. The molecule has 156 valence electrons. The number of β-amino-alcohol motifs (C(OH)–C–C–N with tert-alkyl or cyclic N) is 1. The van der Waals surface area contributed by atoms with E-state index in [1.807, 2.05) is 4.90 Å². The summed E-state index contributed by atoms with van der Waals surface area (Å²) in [4.78, 5) is 27.2. The van der Waals surface area contributed by atoms with Crippen LogP contribution in [0.1, 0.15) is 29.2 Å². The summed E-state index contributed by atoms with van der Waals surface area (Å²) in [7, 11) is 0. The number of fused-ring (bicyclic) bond motifs is 1. The zero-order chi connectivity index (χ0) is 20.9. The third kappa shape index (κ3) is 3.25. The first-order chi connectivity index (χ1) is 13.8. The van der Waals surface area contributed by atoms with Crippen LogP contribution in [0.5, 0.6) is 0 Å². The molecule has 0 unspecified atom stereocenters. The molecule has 7 nitrogen and oxygen atoms in total. The number of nitrogens with zero attached hydrogens (tertiary/aromatic N) is 3. The summed E-state index contributed by atoms with van der Waals surface area (Å²) in [6, 6.07) is -0.259. The molecule has 2 heterocycles. The van der Waals surface area contributed by atoms with E-state index >= 15 is 4.39 Å². The maximum Gasteiger partial charge on any atom is 0.341 e. The first-order valence-electron chi connectivity index (χ1n) is 9.41. The molecular formula is C19H20F3N3O4. The summed E-state index contributed by atoms with van der Waals surface area (Å²) < 4.78 is 46.6. The monoisotopic (exact) mass is 411 g/mol. The Bertz CT molecular complexity index is 1040. The molecule has 1 saturated heterocycles. The van der Waals surface area contributed by atoms with Gasteiger partial charge in [-0.15, -0.1) is 0 Å². The molecule has 0 spiro atoms. The molecule has 1 aromatic carbocycles. The quantitative estimate of drug-likeness (QED) is 0.727. The van der Waals surface area contributed by atoms with Crippen molar-refractivity contribution in [3.8, 4) is 0 Å². The standard InChI is InChI=1S/C19H20F3N3O4/c20-13-12-16(25(10-1-2-10)9-11(18(12)27)19(28)29)15(22)17(14(13)21)24-5-3-23(4-6-24)7-8-26/h9-10,26H,1-8H2,(H,28,29). The zero-order valence-corrected chi connectivity index (χ0v) is 15.5. The van der Waals surface area contributed by atoms with Crippen molar-refractivity contribution in [1.29, 1.82) is 0 Å². The molecule has 10 heteroatoms. The number of pyridine rings is 1. The van der Waals surface area contributed by atoms with Crippen molar-refractivity contribution in [2.75, 3.05) is 44.2 Å². The fraction of sp³-hybridized carbons (Fsp3) is 0.474. The number of hydrogen-bond donors (Lipinski definition) is 2. The number of benzene rings is 1. The van der Waals surface area contributed by atoms with Crippen LogP contribution >= 0.6 is 0 Å². The van der Waals surface area contributed by atoms with Gasteiger partial charge < -0.3 is 19.7 Å². The minimum Gasteiger partial charge on any atom is -0.477 e. The van der Waals surface area contributed by atoms with E-state index in [0.717, 1.165) is 6.20 Å². The van der Waals surface area contributed by atoms with Crippen molar-refractivity contribution in [3.05, 3.63) is 39.4 Å². The number of rotatable bonds is 5. The van der Waals surface area contributed by atoms with Crippen LogP contribution in [0.2, 0.25) is 0 Å². The lowest BCUT2D eigenvalue weighted by Gasteiger charge is -2.36. The number of aliphatic hydroxyl groups excluding tert-OH is 1. The number of aromatic nitrogens is 1. The van der Waals surface area contributed by atoms with Crippen LogP contribution in [0.25, 0.3) is 10.9 Å². The summed E-state index contributed by atoms with van der Waals surface area (Å²) in [5.74, 6) is -5.66. The number of carboxylic acids is 1. The highest BCUT2D eigenvalue weighted by atomic mass is 19.2. The molecule has 0 radical (unpaired) electrons. The summed E-state index contributed by atoms with van der Waals surface area (Å²) in [5.41, 5.74) is -2.89. The Hall–Kier alpha value is -2.59. The van der Waals surface area contributed by atoms with Gasteiger partial charge in [-0.2, -0.15) is 0 Å². The van der Waals surface area contributed by atoms with Crippen molar-refractivity contribution in [2.24, 2.45) is 0 Å². The second-order valence-electron chi connectivity index (χ2n) is 7.38. The van der Waals surface area contributed by atoms with Crippen molar-refractivity contribution < 1.29 is 28.2 Å². The second-order valence-corrected chi connectivity index (χ2v) is 7.38. The van der Waals surface area contributed by atoms with Gasteiger partial charge in [0.15, 0.2) is 17.5 Å². The average molecular weight is 411 g/mol. The van der Waals surface area contributed by atoms with Gasteiger partial charge in [-0.3, -0.25) is 9.69 Å². The van der Waals surface area contributed by atoms with Gasteiger partial charge in [0, 0.05) is 45.0 Å². The van der Waals surface area contributed by atoms with Gasteiger partial charge in [0.2, 0.25) is 5.43 Å². The topological polar surface area (TPSA) is 86.0 Å². The van der Waals surface area contributed by atoms with Gasteiger partial charge in [0.25, 0.3) is 0 Å². The van der Waals surface area contributed by atoms with Gasteiger partial charge >= 0.3 is 5.97 Å². The molecule has 1 aliphatic carbocycles. The minimum absolute atomic E-state index is 0.0348. The third-order valence-corrected chi connectivity index (χ3v) is 5.55. The van der Waals surface area contributed by atoms with Crippen molar-refractivity contribution in [3.63, 3.8) is 0 Å². The predicted octanol–water partition coefficient (Wildman–Crippen LogP) is 1.57. The van der Waals surface area contributed by atoms with E-state index in [-0.39, 0.29) is 25.7 Å². The molecule has 1 aliphatic heterocycles. The molecule has 2 aromatic rings. The van der Waals surface area contributed by atoms with Crippen molar-refractivity contribution >= 4 is 22.6 Å². The van der Waals surface area contributed by atoms with Crippen LogP contribution in [-0.4, -0.2) is 65.0 Å². The summed E-state index contributed by atoms with van der Waals surface area (Å²) >= 11 is 0. The average Bonchev–Trinajstić information content (AvgIpc) is 3.52. The lowest BCUT2D eigenvalue weighted by Crippen LogP contribution is -2.47. The van der Waals surface area contributed by atoms with Gasteiger partial charge in [0.05, 0.1) is 17.5 Å². The van der Waals surface area contributed by atoms with Crippen LogP contribution in [-0.2, 0) is 0 Å². The summed E-state index contributed by atoms with van der Waals surface area (Å²) in [6.07, 6.45) is 2.28. The molecule has 2 fully saturated rings. The Morgan fingerprint density at radius 2 is 1.72 bits per heavy atom. The number of anilines is 1. The van der Waals surface area contributed by atoms with Gasteiger partial charge in [-0.1, -0.05) is 0 Å². The molecule has 2 N–H and O–H groups in total. The zero-order valence-electron chi connectivity index (χ0n) is 15.5. The largest absolute Gasteiger partial charge is 0.477 e. The highest BCUT2D eigenvalue weighted by Gasteiger charge is 2.34. The minimum atomic E-state index is -1.57. The first kappa shape index (κ1) is 19.7. The number of aromatic carboxylic acids is 1. The normalized spacial score (nSPS) is 17.9. The van der Waals surface area contributed by atoms with Crippen molar-refractivity contribution in [2.45, 2.75) is 18.9 Å². The number of aliphatic hydroxyl groups is 1. The van der Waals surface area contributed by atoms with E-state index in [4.69, 9.17) is 5.11 Å². The first-order valence-corrected chi connectivity index (χ1v) is 9.41. The predicted molar refractivity (Wildman–Crippen MR) is 99.1 cm³/mol. The van der Waals surface area contributed by atoms with Crippen molar-refractivity contribution in [1.82, 2.24) is 9.47 Å². The number of halogens is 3. The van der Waals surface area contributed by atoms with Crippen LogP contribution < -0.4 is 10.3 Å². The Morgan fingerprint density at radius 3 is 2.28 bits per heavy atom. The Morgan fingerprint density at radius 1 is 1.07 bits per heavy atom. The molecule has 0 bridgehead atoms. The molecule has 0 amide bonds. The third-order valence-electron chi connectivity index (χ3n) is 5.55. The maximum absolute atomic E-state index is 15.5. The van der Waals surface area contributed by atoms with Crippen LogP contribution in [0.15, 0.2) is 11.0 Å². The summed E-state index contributed by atoms with van der Waals surface area (Å²) in [6.45, 7) is 1.72. The molecule has 0 atom stereocenters. The number of carbonyl (C=O) groups is 1. The molecular weight excluding hydrogens is 391 g/mol. The van der Waals surface area contributed by atoms with E-state index in [2.05, 4.69) is 0 Å². The van der Waals surface area contributed by atoms with Gasteiger partial charge in [-0.05, 0) is 12.8 Å². The van der Waals surface area contributed by atoms with E-state index in [0.29, 0.717) is 32.5 Å². The van der Waals surface area contributed by atoms with Crippen LogP contribution in [0.4, 0.5) is 18.9 Å². The SMILES string of the molecule is O=C(O)c1cn(C2CC2)c2c(F)c(N3CCN(CCO)CC3)c(F)c(F)c2c1=O. The van der Waals surface area contributed by atoms with Crippen LogP contribution in [0, 0.1) is 17.5 Å². The van der Waals surface area contributed by atoms with Crippen LogP contribution in [0.3, 0.4) is 0 Å². The van der Waals surface area contributed by atoms with E-state index < -0.39 is 51.0 Å². The lowest BCUT2D eigenvalue weighted by molar-refractivity contribution is 0.0694. The number of carboxylic acid groups (broad SMARTS) is 1. The van der Waals surface area contributed by atoms with E-state index in [9.17, 15) is 23.5 Å². The maximum atomic E-state index is 15.5. The second kappa shape index (κ2) is 7.34. The molecule has 1 saturated carbocycles. The lowest BCUT2D eigenvalue weighted by atomic mass is 10.1. The number of hydrogen-bond acceptors (Lipinski definition) is 5. The Labute approximate surface area is 163 Å². The summed E-state index contributed by atoms with van der Waals surface area (Å²) in [5, 5.41) is 17.4. The fourth-order valence-corrected chi connectivity index (χ4v) is 3.89. The molecule has 2 aliphatic rings. The Balaban J connectivity index is 1.90. The molecule has 29 heavy (non-hydrogen) atoms. The van der Waals surface area contributed by atoms with E-state index in [1.165, 1.54) is 9.47 Å². The highest BCUT2D eigenvalue weighted by Crippen LogP contribution is 2.40. The Kier molecular flexibility index (Phi) is 4.99. The van der Waals surface area contributed by atoms with Gasteiger partial charge in [-0.25, -0.2) is 18.0 Å². The molecule has 4 rings (SSSR count). The van der Waals surface area contributed by atoms with Gasteiger partial charge in [0.1, 0.15) is 11.3 Å². The van der Waals surface area contributed by atoms with E-state index in [1.54, 1.807) is 0 Å².